The van der Waals surface area contributed by atoms with E-state index in [0.29, 0.717) is 31.3 Å². The highest BCUT2D eigenvalue weighted by Crippen LogP contribution is 2.38. The molecule has 0 spiro atoms. The molecule has 0 radical (unpaired) electrons. The summed E-state index contributed by atoms with van der Waals surface area (Å²) in [4.78, 5) is 7.88. The average Bonchev–Trinajstić information content (AvgIpc) is 3.14. The predicted molar refractivity (Wildman–Crippen MR) is 106 cm³/mol. The molecule has 1 aromatic rings. The zero-order chi connectivity index (χ0) is 20.3. The van der Waals surface area contributed by atoms with Crippen molar-refractivity contribution in [2.45, 2.75) is 17.7 Å². The molecule has 2 fully saturated rings. The van der Waals surface area contributed by atoms with Gasteiger partial charge >= 0.3 is 0 Å². The van der Waals surface area contributed by atoms with Crippen LogP contribution in [0.5, 0.6) is 11.5 Å². The van der Waals surface area contributed by atoms with E-state index in [0.717, 1.165) is 44.8 Å². The Morgan fingerprint density at radius 1 is 1.10 bits per heavy atom. The Hall–Kier alpha value is -1.43. The molecule has 29 heavy (non-hydrogen) atoms. The lowest BCUT2D eigenvalue weighted by Crippen LogP contribution is -2.41. The van der Waals surface area contributed by atoms with Crippen molar-refractivity contribution < 1.29 is 27.5 Å². The van der Waals surface area contributed by atoms with Gasteiger partial charge in [-0.3, -0.25) is 9.74 Å². The van der Waals surface area contributed by atoms with Crippen LogP contribution in [0.25, 0.3) is 0 Å². The number of hydrogen-bond acceptors (Lipinski definition) is 8. The minimum Gasteiger partial charge on any atom is -0.486 e. The van der Waals surface area contributed by atoms with Crippen molar-refractivity contribution in [2.75, 3.05) is 66.3 Å². The van der Waals surface area contributed by atoms with E-state index in [9.17, 15) is 8.42 Å². The molecule has 4 rings (SSSR count). The van der Waals surface area contributed by atoms with Crippen LogP contribution in [0.1, 0.15) is 18.0 Å². The van der Waals surface area contributed by atoms with Gasteiger partial charge in [-0.1, -0.05) is 6.07 Å². The van der Waals surface area contributed by atoms with Gasteiger partial charge in [0, 0.05) is 26.7 Å². The second-order valence-electron chi connectivity index (χ2n) is 7.48. The minimum atomic E-state index is -3.55. The Morgan fingerprint density at radius 2 is 1.86 bits per heavy atom. The van der Waals surface area contributed by atoms with Crippen LogP contribution < -0.4 is 14.2 Å². The van der Waals surface area contributed by atoms with Crippen molar-refractivity contribution in [2.24, 2.45) is 0 Å². The summed E-state index contributed by atoms with van der Waals surface area (Å²) in [7, 11) is -1.79. The van der Waals surface area contributed by atoms with E-state index < -0.39 is 21.3 Å². The lowest BCUT2D eigenvalue weighted by atomic mass is 10.0. The first-order chi connectivity index (χ1) is 14.0. The van der Waals surface area contributed by atoms with Gasteiger partial charge in [-0.25, -0.2) is 13.1 Å². The standard InChI is InChI=1S/C19H29N3O6S/c1-21-19(15-3-4-16-17(13-15)27-12-11-26-16)18(14-28-21)29(23,24)20-5-2-6-22-7-9-25-10-8-22/h3-4,13,18-20H,2,5-12,14H2,1H3. The van der Waals surface area contributed by atoms with Crippen LogP contribution in [0.2, 0.25) is 0 Å². The van der Waals surface area contributed by atoms with E-state index in [1.807, 2.05) is 18.2 Å². The van der Waals surface area contributed by atoms with E-state index >= 15 is 0 Å². The number of hydroxylamine groups is 2. The second kappa shape index (κ2) is 9.15. The predicted octanol–water partition coefficient (Wildman–Crippen LogP) is 0.386. The van der Waals surface area contributed by atoms with Gasteiger partial charge < -0.3 is 14.2 Å². The first-order valence-electron chi connectivity index (χ1n) is 10.1. The third-order valence-electron chi connectivity index (χ3n) is 5.55. The first-order valence-corrected chi connectivity index (χ1v) is 11.6. The summed E-state index contributed by atoms with van der Waals surface area (Å²) in [5.74, 6) is 1.32. The third-order valence-corrected chi connectivity index (χ3v) is 7.35. The molecule has 0 aliphatic carbocycles. The number of ether oxygens (including phenoxy) is 3. The van der Waals surface area contributed by atoms with Gasteiger partial charge in [-0.05, 0) is 30.7 Å². The largest absolute Gasteiger partial charge is 0.486 e. The minimum absolute atomic E-state index is 0.119. The van der Waals surface area contributed by atoms with Gasteiger partial charge in [0.25, 0.3) is 0 Å². The first kappa shape index (κ1) is 20.8. The smallest absolute Gasteiger partial charge is 0.218 e. The van der Waals surface area contributed by atoms with Crippen molar-refractivity contribution >= 4 is 10.0 Å². The van der Waals surface area contributed by atoms with Crippen molar-refractivity contribution in [3.8, 4) is 11.5 Å². The number of hydrogen-bond donors (Lipinski definition) is 1. The number of rotatable bonds is 7. The lowest BCUT2D eigenvalue weighted by Gasteiger charge is -2.27. The van der Waals surface area contributed by atoms with Gasteiger partial charge in [-0.15, -0.1) is 0 Å². The van der Waals surface area contributed by atoms with E-state index in [4.69, 9.17) is 19.0 Å². The number of nitrogens with one attached hydrogen (secondary N) is 1. The van der Waals surface area contributed by atoms with Crippen molar-refractivity contribution in [3.05, 3.63) is 23.8 Å². The van der Waals surface area contributed by atoms with E-state index in [1.165, 1.54) is 0 Å². The van der Waals surface area contributed by atoms with Crippen molar-refractivity contribution in [1.82, 2.24) is 14.7 Å². The molecule has 1 N–H and O–H groups in total. The molecule has 3 aliphatic heterocycles. The highest BCUT2D eigenvalue weighted by Gasteiger charge is 2.43. The van der Waals surface area contributed by atoms with E-state index in [1.54, 1.807) is 12.1 Å². The Morgan fingerprint density at radius 3 is 2.66 bits per heavy atom. The van der Waals surface area contributed by atoms with Gasteiger partial charge in [0.2, 0.25) is 10.0 Å². The molecule has 3 heterocycles. The van der Waals surface area contributed by atoms with E-state index in [-0.39, 0.29) is 6.61 Å². The molecular weight excluding hydrogens is 398 g/mol. The van der Waals surface area contributed by atoms with Crippen LogP contribution in [0, 0.1) is 0 Å². The summed E-state index contributed by atoms with van der Waals surface area (Å²) in [6.07, 6.45) is 0.761. The number of fused-ring (bicyclic) bond motifs is 1. The van der Waals surface area contributed by atoms with Crippen LogP contribution in [-0.2, 0) is 19.6 Å². The maximum Gasteiger partial charge on any atom is 0.218 e. The normalized spacial score (nSPS) is 26.0. The average molecular weight is 428 g/mol. The lowest BCUT2D eigenvalue weighted by molar-refractivity contribution is -0.110. The highest BCUT2D eigenvalue weighted by molar-refractivity contribution is 7.90. The summed E-state index contributed by atoms with van der Waals surface area (Å²) in [6.45, 7) is 5.69. The fourth-order valence-electron chi connectivity index (χ4n) is 3.97. The summed E-state index contributed by atoms with van der Waals surface area (Å²) in [5.41, 5.74) is 0.831. The molecule has 3 aliphatic rings. The SMILES string of the molecule is CN1OCC(S(=O)(=O)NCCCN2CCOCC2)C1c1ccc2c(c1)OCCO2. The molecule has 1 aromatic carbocycles. The molecule has 0 amide bonds. The van der Waals surface area contributed by atoms with Crippen LogP contribution >= 0.6 is 0 Å². The number of benzene rings is 1. The Kier molecular flexibility index (Phi) is 6.57. The second-order valence-corrected chi connectivity index (χ2v) is 9.46. The highest BCUT2D eigenvalue weighted by atomic mass is 32.2. The summed E-state index contributed by atoms with van der Waals surface area (Å²) in [6, 6.07) is 5.15. The van der Waals surface area contributed by atoms with E-state index in [2.05, 4.69) is 9.62 Å². The molecule has 0 aromatic heterocycles. The third kappa shape index (κ3) is 4.84. The van der Waals surface area contributed by atoms with Crippen molar-refractivity contribution in [1.29, 1.82) is 0 Å². The summed E-state index contributed by atoms with van der Waals surface area (Å²) < 4.78 is 45.3. The van der Waals surface area contributed by atoms with Gasteiger partial charge in [0.15, 0.2) is 11.5 Å². The zero-order valence-corrected chi connectivity index (χ0v) is 17.5. The maximum absolute atomic E-state index is 13.0. The fourth-order valence-corrected chi connectivity index (χ4v) is 5.52. The Labute approximate surface area is 171 Å². The molecule has 10 heteroatoms. The van der Waals surface area contributed by atoms with Crippen LogP contribution in [0.3, 0.4) is 0 Å². The quantitative estimate of drug-likeness (QED) is 0.625. The summed E-state index contributed by atoms with van der Waals surface area (Å²) >= 11 is 0. The molecule has 0 bridgehead atoms. The summed E-state index contributed by atoms with van der Waals surface area (Å²) in [5, 5.41) is 0.918. The van der Waals surface area contributed by atoms with Crippen molar-refractivity contribution in [3.63, 3.8) is 0 Å². The molecule has 0 saturated carbocycles. The van der Waals surface area contributed by atoms with Crippen LogP contribution in [0.15, 0.2) is 18.2 Å². The topological polar surface area (TPSA) is 89.6 Å². The molecule has 2 unspecified atom stereocenters. The molecular formula is C19H29N3O6S. The molecule has 2 atom stereocenters. The van der Waals surface area contributed by atoms with Crippen LogP contribution in [0.4, 0.5) is 0 Å². The van der Waals surface area contributed by atoms with Gasteiger partial charge in [0.1, 0.15) is 18.5 Å². The van der Waals surface area contributed by atoms with Crippen LogP contribution in [-0.4, -0.2) is 89.9 Å². The monoisotopic (exact) mass is 427 g/mol. The molecule has 2 saturated heterocycles. The number of nitrogens with zero attached hydrogens (tertiary/aromatic N) is 2. The maximum atomic E-state index is 13.0. The number of sulfonamides is 1. The Balaban J connectivity index is 1.39. The fraction of sp³-hybridized carbons (Fsp3) is 0.684. The Bertz CT molecular complexity index is 799. The zero-order valence-electron chi connectivity index (χ0n) is 16.7. The van der Waals surface area contributed by atoms with Gasteiger partial charge in [0.05, 0.1) is 25.9 Å². The molecule has 162 valence electrons. The number of morpholine rings is 1. The molecule has 9 nitrogen and oxygen atoms in total. The van der Waals surface area contributed by atoms with Gasteiger partial charge in [-0.2, -0.15) is 5.06 Å².